The Bertz CT molecular complexity index is 40.7. The molecule has 0 radical (unpaired) electrons. The predicted molar refractivity (Wildman–Crippen MR) is 28.7 cm³/mol. The molecule has 0 bridgehead atoms. The highest BCUT2D eigenvalue weighted by Crippen LogP contribution is 1.78. The molecule has 0 aromatic carbocycles. The third-order valence-electron chi connectivity index (χ3n) is 0.773. The highest BCUT2D eigenvalue weighted by molar-refractivity contribution is 4.46. The second-order valence-electron chi connectivity index (χ2n) is 1.38. The van der Waals surface area contributed by atoms with Crippen molar-refractivity contribution in [2.45, 2.75) is 12.6 Å². The third kappa shape index (κ3) is 3.72. The van der Waals surface area contributed by atoms with Crippen molar-refractivity contribution in [2.75, 3.05) is 13.6 Å². The summed E-state index contributed by atoms with van der Waals surface area (Å²) < 4.78 is 0. The van der Waals surface area contributed by atoms with E-state index in [-0.39, 0.29) is 0 Å². The first-order valence-electron chi connectivity index (χ1n) is 2.36. The fourth-order valence-corrected chi connectivity index (χ4v) is 0.302. The molecule has 0 aromatic heterocycles. The van der Waals surface area contributed by atoms with Gasteiger partial charge in [0.1, 0.15) is 6.23 Å². The molecule has 3 heteroatoms. The van der Waals surface area contributed by atoms with Gasteiger partial charge in [-0.3, -0.25) is 5.32 Å². The first kappa shape index (κ1) is 6.88. The first-order chi connectivity index (χ1) is 3.31. The SMILES string of the molecule is CNC(O)CCN. The molecular weight excluding hydrogens is 92.1 g/mol. The van der Waals surface area contributed by atoms with Crippen LogP contribution in [-0.4, -0.2) is 24.9 Å². The molecule has 0 saturated carbocycles. The van der Waals surface area contributed by atoms with E-state index >= 15 is 0 Å². The average molecular weight is 104 g/mol. The second kappa shape index (κ2) is 4.05. The van der Waals surface area contributed by atoms with Gasteiger partial charge in [-0.1, -0.05) is 0 Å². The summed E-state index contributed by atoms with van der Waals surface area (Å²) in [7, 11) is 1.69. The maximum Gasteiger partial charge on any atom is 0.105 e. The maximum absolute atomic E-state index is 8.67. The molecule has 1 atom stereocenters. The Morgan fingerprint density at radius 1 is 1.86 bits per heavy atom. The van der Waals surface area contributed by atoms with E-state index in [4.69, 9.17) is 10.8 Å². The number of hydrogen-bond acceptors (Lipinski definition) is 3. The van der Waals surface area contributed by atoms with Crippen molar-refractivity contribution >= 4 is 0 Å². The summed E-state index contributed by atoms with van der Waals surface area (Å²) >= 11 is 0. The van der Waals surface area contributed by atoms with Crippen molar-refractivity contribution in [1.29, 1.82) is 0 Å². The third-order valence-corrected chi connectivity index (χ3v) is 0.773. The van der Waals surface area contributed by atoms with E-state index in [0.717, 1.165) is 0 Å². The van der Waals surface area contributed by atoms with E-state index in [0.29, 0.717) is 13.0 Å². The Morgan fingerprint density at radius 3 is 2.57 bits per heavy atom. The van der Waals surface area contributed by atoms with Crippen LogP contribution in [0.1, 0.15) is 6.42 Å². The van der Waals surface area contributed by atoms with Gasteiger partial charge in [0, 0.05) is 0 Å². The topological polar surface area (TPSA) is 58.3 Å². The Balaban J connectivity index is 2.83. The number of aliphatic hydroxyl groups excluding tert-OH is 1. The van der Waals surface area contributed by atoms with Gasteiger partial charge in [0.15, 0.2) is 0 Å². The second-order valence-corrected chi connectivity index (χ2v) is 1.38. The Kier molecular flexibility index (Phi) is 3.98. The molecule has 4 N–H and O–H groups in total. The lowest BCUT2D eigenvalue weighted by Gasteiger charge is -2.04. The molecule has 0 fully saturated rings. The van der Waals surface area contributed by atoms with Crippen LogP contribution in [0.3, 0.4) is 0 Å². The van der Waals surface area contributed by atoms with Crippen LogP contribution in [0.15, 0.2) is 0 Å². The molecule has 0 aliphatic carbocycles. The Hall–Kier alpha value is -0.120. The molecule has 44 valence electrons. The zero-order chi connectivity index (χ0) is 5.70. The van der Waals surface area contributed by atoms with Gasteiger partial charge in [0.2, 0.25) is 0 Å². The summed E-state index contributed by atoms with van der Waals surface area (Å²) in [5, 5.41) is 11.3. The maximum atomic E-state index is 8.67. The first-order valence-corrected chi connectivity index (χ1v) is 2.36. The van der Waals surface area contributed by atoms with E-state index in [9.17, 15) is 0 Å². The van der Waals surface area contributed by atoms with Gasteiger partial charge < -0.3 is 10.8 Å². The van der Waals surface area contributed by atoms with Crippen LogP contribution in [-0.2, 0) is 0 Å². The van der Waals surface area contributed by atoms with Gasteiger partial charge >= 0.3 is 0 Å². The monoisotopic (exact) mass is 104 g/mol. The van der Waals surface area contributed by atoms with Crippen molar-refractivity contribution in [3.63, 3.8) is 0 Å². The number of hydrogen-bond donors (Lipinski definition) is 3. The van der Waals surface area contributed by atoms with Crippen LogP contribution >= 0.6 is 0 Å². The van der Waals surface area contributed by atoms with Gasteiger partial charge in [-0.25, -0.2) is 0 Å². The van der Waals surface area contributed by atoms with Gasteiger partial charge in [-0.15, -0.1) is 0 Å². The number of nitrogens with one attached hydrogen (secondary N) is 1. The highest BCUT2D eigenvalue weighted by atomic mass is 16.3. The molecule has 0 aliphatic rings. The molecule has 0 aromatic rings. The lowest BCUT2D eigenvalue weighted by Crippen LogP contribution is -2.26. The van der Waals surface area contributed by atoms with Gasteiger partial charge in [-0.2, -0.15) is 0 Å². The van der Waals surface area contributed by atoms with Crippen LogP contribution in [0.4, 0.5) is 0 Å². The molecule has 3 nitrogen and oxygen atoms in total. The standard InChI is InChI=1S/C4H12N2O/c1-6-4(7)2-3-5/h4,6-7H,2-3,5H2,1H3. The van der Waals surface area contributed by atoms with Crippen LogP contribution in [0.5, 0.6) is 0 Å². The van der Waals surface area contributed by atoms with Crippen LogP contribution in [0.25, 0.3) is 0 Å². The van der Waals surface area contributed by atoms with Crippen molar-refractivity contribution < 1.29 is 5.11 Å². The normalized spacial score (nSPS) is 14.1. The molecule has 1 unspecified atom stereocenters. The molecule has 0 heterocycles. The van der Waals surface area contributed by atoms with Crippen LogP contribution < -0.4 is 11.1 Å². The fraction of sp³-hybridized carbons (Fsp3) is 1.00. The molecule has 0 rings (SSSR count). The van der Waals surface area contributed by atoms with E-state index < -0.39 is 6.23 Å². The van der Waals surface area contributed by atoms with Crippen LogP contribution in [0.2, 0.25) is 0 Å². The van der Waals surface area contributed by atoms with E-state index in [1.165, 1.54) is 0 Å². The molecule has 0 aliphatic heterocycles. The van der Waals surface area contributed by atoms with Crippen molar-refractivity contribution in [3.8, 4) is 0 Å². The summed E-state index contributed by atoms with van der Waals surface area (Å²) in [6.07, 6.45) is 0.196. The van der Waals surface area contributed by atoms with Crippen molar-refractivity contribution in [3.05, 3.63) is 0 Å². The lowest BCUT2D eigenvalue weighted by atomic mass is 10.4. The summed E-state index contributed by atoms with van der Waals surface area (Å²) in [6.45, 7) is 0.530. The molecule has 0 saturated heterocycles. The lowest BCUT2D eigenvalue weighted by molar-refractivity contribution is 0.140. The minimum absolute atomic E-state index is 0.426. The number of rotatable bonds is 3. The average Bonchev–Trinajstić information content (AvgIpc) is 1.68. The van der Waals surface area contributed by atoms with E-state index in [2.05, 4.69) is 5.32 Å². The van der Waals surface area contributed by atoms with E-state index in [1.807, 2.05) is 0 Å². The Morgan fingerprint density at radius 2 is 2.43 bits per heavy atom. The summed E-state index contributed by atoms with van der Waals surface area (Å²) in [5.74, 6) is 0. The van der Waals surface area contributed by atoms with Crippen molar-refractivity contribution in [2.24, 2.45) is 5.73 Å². The zero-order valence-corrected chi connectivity index (χ0v) is 4.52. The fourth-order valence-electron chi connectivity index (χ4n) is 0.302. The van der Waals surface area contributed by atoms with Crippen molar-refractivity contribution in [1.82, 2.24) is 5.32 Å². The predicted octanol–water partition coefficient (Wildman–Crippen LogP) is -1.13. The molecule has 7 heavy (non-hydrogen) atoms. The zero-order valence-electron chi connectivity index (χ0n) is 4.52. The quantitative estimate of drug-likeness (QED) is 0.397. The van der Waals surface area contributed by atoms with Gasteiger partial charge in [-0.05, 0) is 20.0 Å². The Labute approximate surface area is 43.5 Å². The molecule has 0 amide bonds. The van der Waals surface area contributed by atoms with Gasteiger partial charge in [0.05, 0.1) is 0 Å². The molecular formula is C4H12N2O. The largest absolute Gasteiger partial charge is 0.379 e. The molecule has 0 spiro atoms. The van der Waals surface area contributed by atoms with Gasteiger partial charge in [0.25, 0.3) is 0 Å². The number of nitrogens with two attached hydrogens (primary N) is 1. The van der Waals surface area contributed by atoms with Crippen LogP contribution in [0, 0.1) is 0 Å². The highest BCUT2D eigenvalue weighted by Gasteiger charge is 1.93. The number of aliphatic hydroxyl groups is 1. The van der Waals surface area contributed by atoms with E-state index in [1.54, 1.807) is 7.05 Å². The smallest absolute Gasteiger partial charge is 0.105 e. The summed E-state index contributed by atoms with van der Waals surface area (Å²) in [4.78, 5) is 0. The minimum Gasteiger partial charge on any atom is -0.379 e. The summed E-state index contributed by atoms with van der Waals surface area (Å²) in [6, 6.07) is 0. The minimum atomic E-state index is -0.426. The summed E-state index contributed by atoms with van der Waals surface area (Å²) in [5.41, 5.74) is 5.11.